The van der Waals surface area contributed by atoms with Crippen molar-refractivity contribution in [1.29, 1.82) is 0 Å². The summed E-state index contributed by atoms with van der Waals surface area (Å²) in [6.07, 6.45) is 20.0. The van der Waals surface area contributed by atoms with Crippen molar-refractivity contribution < 1.29 is 52.1 Å². The summed E-state index contributed by atoms with van der Waals surface area (Å²) in [5, 5.41) is 12.0. The Balaban J connectivity index is 0.000000193. The van der Waals surface area contributed by atoms with Crippen LogP contribution in [-0.4, -0.2) is 119 Å². The van der Waals surface area contributed by atoms with Gasteiger partial charge in [0.15, 0.2) is 28.6 Å². The third-order valence-corrected chi connectivity index (χ3v) is 18.2. The highest BCUT2D eigenvalue weighted by Crippen LogP contribution is 2.37. The predicted molar refractivity (Wildman–Crippen MR) is 485 cm³/mol. The number of amides is 2. The molecule has 0 radical (unpaired) electrons. The van der Waals surface area contributed by atoms with Gasteiger partial charge in [0.1, 0.15) is 116 Å². The normalized spacial score (nSPS) is 12.0. The Morgan fingerprint density at radius 1 is 0.459 bits per heavy atom. The fourth-order valence-electron chi connectivity index (χ4n) is 11.6. The Bertz CT molecular complexity index is 5380. The van der Waals surface area contributed by atoms with E-state index in [0.717, 1.165) is 55.7 Å². The van der Waals surface area contributed by atoms with Crippen molar-refractivity contribution in [1.82, 2.24) is 39.1 Å². The van der Waals surface area contributed by atoms with Crippen LogP contribution in [-0.2, 0) is 22.4 Å². The lowest BCUT2D eigenvalue weighted by molar-refractivity contribution is 0.0696. The van der Waals surface area contributed by atoms with E-state index in [1.54, 1.807) is 106 Å². The standard InChI is InChI=1S/C32H30N4O4.C17H17N3O3.C15H14ClNO.C15H15NO2.C8H8BrNO.C7H6O.Cl2OS/c1-3-19-34-23-36(29(25-14-9-6-10-15-25)28-27(39-21-4-2)16-11-18-33-28)35-20-17-26(37)31(30(35)32(34)38)40-22-24-12-7-5-8-13-24;1-2-9-19-12-18-20-10-8-14(21)16(15(20)17(19)22)23-11-13-6-4-3-5-7-13;1-2-11-18-13-9-6-10-17-15(13)14(16)12-7-4-3-5-8-12;1-2-11-18-13-9-6-10-16-14(13)15(17)12-7-4-3-5-8-12;1-2-6-11-7-4-3-5-10-8(7)9;8-6-7-4-2-1-3-5-7;1-4(2)3/h3-18,20,29H,1-2,19,21-23H2;2-8,10,18H,1,9,11-12H2;2-10,14H,1,11H2;2-10,15,17H,1,11H2;2-5H,1,6H2;1-6H;. The van der Waals surface area contributed by atoms with Gasteiger partial charge in [-0.2, -0.15) is 0 Å². The largest absolute Gasteiger partial charge is 0.488 e. The summed E-state index contributed by atoms with van der Waals surface area (Å²) >= 11 is 9.70. The third-order valence-electron chi connectivity index (χ3n) is 17.1. The zero-order valence-electron chi connectivity index (χ0n) is 66.4. The minimum Gasteiger partial charge on any atom is -0.488 e. The van der Waals surface area contributed by atoms with Crippen molar-refractivity contribution >= 4 is 76.2 Å². The number of carbonyl (C=O) groups is 3. The van der Waals surface area contributed by atoms with Crippen LogP contribution in [0.3, 0.4) is 0 Å². The van der Waals surface area contributed by atoms with Gasteiger partial charge in [0.25, 0.3) is 11.8 Å². The maximum Gasteiger partial charge on any atom is 0.278 e. The summed E-state index contributed by atoms with van der Waals surface area (Å²) in [5.74, 6) is 2.07. The molecular weight excluding hydrogens is 1700 g/mol. The lowest BCUT2D eigenvalue weighted by Gasteiger charge is -2.43. The van der Waals surface area contributed by atoms with Crippen LogP contribution < -0.4 is 49.7 Å². The zero-order valence-corrected chi connectivity index (χ0v) is 71.1. The van der Waals surface area contributed by atoms with Crippen molar-refractivity contribution in [2.75, 3.05) is 63.3 Å². The van der Waals surface area contributed by atoms with Gasteiger partial charge >= 0.3 is 0 Å². The molecule has 8 heterocycles. The first kappa shape index (κ1) is 94.2. The summed E-state index contributed by atoms with van der Waals surface area (Å²) in [6.45, 7) is 25.3. The highest BCUT2D eigenvalue weighted by molar-refractivity contribution is 9.10. The molecule has 122 heavy (non-hydrogen) atoms. The number of aromatic nitrogens is 6. The minimum atomic E-state index is -1.67. The van der Waals surface area contributed by atoms with E-state index in [9.17, 15) is 29.1 Å². The monoisotopic (exact) mass is 1780 g/mol. The lowest BCUT2D eigenvalue weighted by Crippen LogP contribution is -2.55. The molecule has 0 spiro atoms. The molecule has 2 amide bonds. The molecule has 23 nitrogen and oxygen atoms in total. The molecule has 628 valence electrons. The summed E-state index contributed by atoms with van der Waals surface area (Å²) in [7, 11) is 7.36. The van der Waals surface area contributed by atoms with Crippen LogP contribution in [0.25, 0.3) is 0 Å². The molecule has 3 atom stereocenters. The molecule has 2 aliphatic rings. The molecule has 0 bridgehead atoms. The van der Waals surface area contributed by atoms with Crippen molar-refractivity contribution in [3.05, 3.63) is 443 Å². The van der Waals surface area contributed by atoms with Crippen molar-refractivity contribution in [2.45, 2.75) is 30.7 Å². The van der Waals surface area contributed by atoms with Crippen LogP contribution >= 0.6 is 48.9 Å². The number of ether oxygens (including phenoxy) is 6. The molecule has 3 unspecified atom stereocenters. The number of aliphatic hydroxyl groups excluding tert-OH is 1. The van der Waals surface area contributed by atoms with Gasteiger partial charge in [0.2, 0.25) is 20.1 Å². The molecule has 0 aliphatic carbocycles. The molecule has 6 aromatic carbocycles. The van der Waals surface area contributed by atoms with Crippen molar-refractivity contribution in [2.24, 2.45) is 0 Å². The molecule has 6 aromatic heterocycles. The fraction of sp³-hybridized carbons (Fsp3) is 0.138. The number of nitrogens with zero attached hydrogens (tertiary/aromatic N) is 9. The molecule has 14 rings (SSSR count). The summed E-state index contributed by atoms with van der Waals surface area (Å²) in [5.41, 5.74) is 9.86. The fourth-order valence-corrected chi connectivity index (χ4v) is 12.3. The number of alkyl halides is 1. The number of benzene rings is 6. The number of halogens is 4. The Labute approximate surface area is 733 Å². The number of hydrogen-bond acceptors (Lipinski definition) is 19. The molecule has 0 fully saturated rings. The number of pyridine rings is 6. The summed E-state index contributed by atoms with van der Waals surface area (Å²) in [6, 6.07) is 74.1. The molecule has 28 heteroatoms. The Morgan fingerprint density at radius 2 is 0.852 bits per heavy atom. The van der Waals surface area contributed by atoms with Gasteiger partial charge in [0.05, 0.1) is 0 Å². The molecular formula is C94H90BrCl3N10O13S. The van der Waals surface area contributed by atoms with Gasteiger partial charge in [-0.3, -0.25) is 53.3 Å². The summed E-state index contributed by atoms with van der Waals surface area (Å²) in [4.78, 5) is 82.1. The number of aliphatic hydroxyl groups is 1. The van der Waals surface area contributed by atoms with E-state index in [2.05, 4.69) is 97.1 Å². The van der Waals surface area contributed by atoms with E-state index in [-0.39, 0.29) is 77.4 Å². The van der Waals surface area contributed by atoms with Gasteiger partial charge in [-0.1, -0.05) is 245 Å². The second kappa shape index (κ2) is 51.9. The number of carbonyl (C=O) groups excluding carboxylic acids is 3. The maximum absolute atomic E-state index is 13.8. The van der Waals surface area contributed by atoms with E-state index in [0.29, 0.717) is 68.3 Å². The number of nitrogens with one attached hydrogen (secondary N) is 1. The Hall–Kier alpha value is -13.3. The molecule has 12 aromatic rings. The second-order valence-electron chi connectivity index (χ2n) is 25.5. The average Bonchev–Trinajstić information content (AvgIpc) is 0.744. The molecule has 0 saturated carbocycles. The van der Waals surface area contributed by atoms with Gasteiger partial charge in [-0.15, -0.1) is 24.8 Å². The topological polar surface area (TPSA) is 261 Å². The predicted octanol–water partition coefficient (Wildman–Crippen LogP) is 17.9. The van der Waals surface area contributed by atoms with Crippen LogP contribution in [0.15, 0.2) is 370 Å². The zero-order chi connectivity index (χ0) is 87.2. The Kier molecular flexibility index (Phi) is 40.1. The van der Waals surface area contributed by atoms with Crippen molar-refractivity contribution in [3.8, 4) is 34.5 Å². The van der Waals surface area contributed by atoms with Crippen LogP contribution in [0.2, 0.25) is 0 Å². The number of fused-ring (bicyclic) bond motifs is 2. The highest BCUT2D eigenvalue weighted by atomic mass is 79.9. The quantitative estimate of drug-likeness (QED) is 0.0139. The molecule has 0 saturated heterocycles. The summed E-state index contributed by atoms with van der Waals surface area (Å²) < 4.78 is 47.1. The lowest BCUT2D eigenvalue weighted by atomic mass is 10.0. The van der Waals surface area contributed by atoms with E-state index in [4.69, 9.17) is 49.2 Å². The maximum atomic E-state index is 13.8. The third kappa shape index (κ3) is 28.7. The van der Waals surface area contributed by atoms with E-state index < -0.39 is 21.4 Å². The first-order valence-corrected chi connectivity index (χ1v) is 41.8. The van der Waals surface area contributed by atoms with Gasteiger partial charge in [0, 0.05) is 89.3 Å². The van der Waals surface area contributed by atoms with Gasteiger partial charge < -0.3 is 48.8 Å². The molecule has 2 N–H and O–H groups in total. The van der Waals surface area contributed by atoms with E-state index in [1.807, 2.05) is 211 Å². The molecule has 2 aliphatic heterocycles. The average molecular weight is 1790 g/mol. The highest BCUT2D eigenvalue weighted by Gasteiger charge is 2.38. The van der Waals surface area contributed by atoms with Crippen LogP contribution in [0, 0.1) is 0 Å². The van der Waals surface area contributed by atoms with Crippen LogP contribution in [0.1, 0.15) is 93.8 Å². The van der Waals surface area contributed by atoms with E-state index >= 15 is 0 Å². The number of aldehydes is 1. The van der Waals surface area contributed by atoms with Crippen LogP contribution in [0.4, 0.5) is 0 Å². The number of hydrogen-bond donors (Lipinski definition) is 2. The number of rotatable bonds is 30. The van der Waals surface area contributed by atoms with Crippen molar-refractivity contribution in [3.63, 3.8) is 0 Å². The van der Waals surface area contributed by atoms with Gasteiger partial charge in [-0.25, -0.2) is 9.19 Å². The van der Waals surface area contributed by atoms with Crippen LogP contribution in [0.5, 0.6) is 34.5 Å². The first-order valence-electron chi connectivity index (χ1n) is 37.8. The van der Waals surface area contributed by atoms with E-state index in [1.165, 1.54) is 23.0 Å². The SMILES string of the molecule is C=CCN1CNn2ccc(=O)c(OCc3ccccc3)c2C1=O.C=CCOc1cccnc1Br.C=CCOc1cccnc1C(Cl)c1ccccc1.C=CCOc1cccnc1C(O)c1ccccc1.C=CCOc1cccnc1C(c1ccccc1)N1CN(CC=C)C(=O)c2c(OCc3ccccc3)c(=O)ccn21.O=Cc1ccccc1.O=S(Cl)Cl. The Morgan fingerprint density at radius 3 is 1.33 bits per heavy atom. The first-order chi connectivity index (χ1) is 59.5. The van der Waals surface area contributed by atoms with Gasteiger partial charge in [-0.05, 0) is 92.3 Å². The second-order valence-corrected chi connectivity index (χ2v) is 29.2. The smallest absolute Gasteiger partial charge is 0.278 e. The minimum absolute atomic E-state index is 0.00826.